The van der Waals surface area contributed by atoms with Gasteiger partial charge in [0.05, 0.1) is 25.5 Å². The summed E-state index contributed by atoms with van der Waals surface area (Å²) >= 11 is 0. The summed E-state index contributed by atoms with van der Waals surface area (Å²) in [4.78, 5) is 6.76. The molecule has 4 nitrogen and oxygen atoms in total. The van der Waals surface area contributed by atoms with Gasteiger partial charge in [0.25, 0.3) is 0 Å². The van der Waals surface area contributed by atoms with Gasteiger partial charge in [-0.05, 0) is 25.6 Å². The highest BCUT2D eigenvalue weighted by Gasteiger charge is 2.04. The van der Waals surface area contributed by atoms with Gasteiger partial charge in [-0.15, -0.1) is 0 Å². The number of ether oxygens (including phenoxy) is 1. The monoisotopic (exact) mass is 238 g/mol. The first-order chi connectivity index (χ1) is 8.26. The third-order valence-corrected chi connectivity index (χ3v) is 2.57. The largest absolute Gasteiger partial charge is 0.394 e. The molecular formula is C13H22N2O2. The lowest BCUT2D eigenvalue weighted by molar-refractivity contribution is 0.0729. The fraction of sp³-hybridized carbons (Fsp3) is 0.615. The Morgan fingerprint density at radius 3 is 2.82 bits per heavy atom. The molecule has 0 aromatic carbocycles. The molecule has 4 heteroatoms. The fourth-order valence-electron chi connectivity index (χ4n) is 1.63. The quantitative estimate of drug-likeness (QED) is 0.692. The molecular weight excluding hydrogens is 216 g/mol. The molecule has 0 aliphatic heterocycles. The maximum atomic E-state index is 8.61. The average molecular weight is 238 g/mol. The van der Waals surface area contributed by atoms with E-state index >= 15 is 0 Å². The molecule has 1 N–H and O–H groups in total. The van der Waals surface area contributed by atoms with Crippen molar-refractivity contribution in [2.24, 2.45) is 0 Å². The lowest BCUT2D eigenvalue weighted by Gasteiger charge is -2.19. The minimum atomic E-state index is 0.0888. The van der Waals surface area contributed by atoms with Crippen molar-refractivity contribution in [2.45, 2.75) is 20.4 Å². The van der Waals surface area contributed by atoms with E-state index in [1.807, 2.05) is 25.1 Å². The van der Waals surface area contributed by atoms with E-state index in [0.29, 0.717) is 13.2 Å². The van der Waals surface area contributed by atoms with E-state index in [9.17, 15) is 0 Å². The molecule has 96 valence electrons. The van der Waals surface area contributed by atoms with E-state index in [-0.39, 0.29) is 6.61 Å². The first-order valence-electron chi connectivity index (χ1n) is 6.09. The van der Waals surface area contributed by atoms with Crippen LogP contribution in [0.25, 0.3) is 0 Å². The number of nitrogens with zero attached hydrogens (tertiary/aromatic N) is 2. The molecule has 1 aromatic rings. The number of aryl methyl sites for hydroxylation is 1. The van der Waals surface area contributed by atoms with Crippen LogP contribution in [-0.4, -0.2) is 47.9 Å². The SMILES string of the molecule is CCN(CCOCCO)Cc1cccc(C)n1. The molecule has 17 heavy (non-hydrogen) atoms. The zero-order valence-corrected chi connectivity index (χ0v) is 10.7. The van der Waals surface area contributed by atoms with Crippen LogP contribution in [0.3, 0.4) is 0 Å². The van der Waals surface area contributed by atoms with Gasteiger partial charge in [-0.3, -0.25) is 9.88 Å². The lowest BCUT2D eigenvalue weighted by Crippen LogP contribution is -2.27. The summed E-state index contributed by atoms with van der Waals surface area (Å²) in [6.45, 7) is 7.98. The van der Waals surface area contributed by atoms with Crippen molar-refractivity contribution < 1.29 is 9.84 Å². The maximum absolute atomic E-state index is 8.61. The van der Waals surface area contributed by atoms with Crippen LogP contribution in [0.2, 0.25) is 0 Å². The van der Waals surface area contributed by atoms with Gasteiger partial charge in [0.1, 0.15) is 0 Å². The highest BCUT2D eigenvalue weighted by atomic mass is 16.5. The summed E-state index contributed by atoms with van der Waals surface area (Å²) in [7, 11) is 0. The number of hydrogen-bond donors (Lipinski definition) is 1. The van der Waals surface area contributed by atoms with E-state index in [4.69, 9.17) is 9.84 Å². The topological polar surface area (TPSA) is 45.6 Å². The summed E-state index contributed by atoms with van der Waals surface area (Å²) in [6.07, 6.45) is 0. The van der Waals surface area contributed by atoms with Gasteiger partial charge in [0.2, 0.25) is 0 Å². The van der Waals surface area contributed by atoms with Gasteiger partial charge in [0, 0.05) is 18.8 Å². The van der Waals surface area contributed by atoms with E-state index in [2.05, 4.69) is 16.8 Å². The van der Waals surface area contributed by atoms with Gasteiger partial charge in [-0.25, -0.2) is 0 Å². The van der Waals surface area contributed by atoms with Crippen molar-refractivity contribution in [2.75, 3.05) is 32.9 Å². The Labute approximate surface area is 103 Å². The molecule has 0 unspecified atom stereocenters. The summed E-state index contributed by atoms with van der Waals surface area (Å²) in [5.41, 5.74) is 2.14. The number of aliphatic hydroxyl groups excluding tert-OH is 1. The number of aliphatic hydroxyl groups is 1. The van der Waals surface area contributed by atoms with Crippen LogP contribution in [0.4, 0.5) is 0 Å². The second-order valence-corrected chi connectivity index (χ2v) is 3.98. The second kappa shape index (κ2) is 8.17. The highest BCUT2D eigenvalue weighted by molar-refractivity contribution is 5.09. The smallest absolute Gasteiger partial charge is 0.0698 e. The number of pyridine rings is 1. The van der Waals surface area contributed by atoms with Gasteiger partial charge < -0.3 is 9.84 Å². The number of hydrogen-bond acceptors (Lipinski definition) is 4. The molecule has 0 bridgehead atoms. The lowest BCUT2D eigenvalue weighted by atomic mass is 10.3. The molecule has 0 saturated carbocycles. The minimum Gasteiger partial charge on any atom is -0.394 e. The molecule has 0 spiro atoms. The maximum Gasteiger partial charge on any atom is 0.0698 e. The van der Waals surface area contributed by atoms with Crippen LogP contribution >= 0.6 is 0 Å². The molecule has 0 atom stereocenters. The Morgan fingerprint density at radius 2 is 2.18 bits per heavy atom. The highest BCUT2D eigenvalue weighted by Crippen LogP contribution is 2.03. The zero-order chi connectivity index (χ0) is 12.5. The van der Waals surface area contributed by atoms with Gasteiger partial charge >= 0.3 is 0 Å². The van der Waals surface area contributed by atoms with Crippen molar-refractivity contribution in [1.82, 2.24) is 9.88 Å². The van der Waals surface area contributed by atoms with E-state index < -0.39 is 0 Å². The van der Waals surface area contributed by atoms with Gasteiger partial charge in [-0.1, -0.05) is 13.0 Å². The van der Waals surface area contributed by atoms with Crippen LogP contribution in [0, 0.1) is 6.92 Å². The Bertz CT molecular complexity index is 318. The minimum absolute atomic E-state index is 0.0888. The predicted molar refractivity (Wildman–Crippen MR) is 67.8 cm³/mol. The Kier molecular flexibility index (Phi) is 6.77. The van der Waals surface area contributed by atoms with Crippen LogP contribution < -0.4 is 0 Å². The normalized spacial score (nSPS) is 11.1. The first kappa shape index (κ1) is 14.1. The molecule has 0 amide bonds. The predicted octanol–water partition coefficient (Wildman–Crippen LogP) is 1.22. The summed E-state index contributed by atoms with van der Waals surface area (Å²) in [5.74, 6) is 0. The number of aromatic nitrogens is 1. The molecule has 0 fully saturated rings. The molecule has 1 heterocycles. The summed E-state index contributed by atoms with van der Waals surface area (Å²) in [6, 6.07) is 6.09. The number of rotatable bonds is 8. The first-order valence-corrected chi connectivity index (χ1v) is 6.09. The van der Waals surface area contributed by atoms with Crippen LogP contribution in [0.15, 0.2) is 18.2 Å². The van der Waals surface area contributed by atoms with Crippen molar-refractivity contribution >= 4 is 0 Å². The summed E-state index contributed by atoms with van der Waals surface area (Å²) < 4.78 is 5.26. The third-order valence-electron chi connectivity index (χ3n) is 2.57. The van der Waals surface area contributed by atoms with Crippen LogP contribution in [0.5, 0.6) is 0 Å². The molecule has 1 aromatic heterocycles. The average Bonchev–Trinajstić information content (AvgIpc) is 2.33. The third kappa shape index (κ3) is 5.77. The van der Waals surface area contributed by atoms with Crippen molar-refractivity contribution in [3.05, 3.63) is 29.6 Å². The fourth-order valence-corrected chi connectivity index (χ4v) is 1.63. The zero-order valence-electron chi connectivity index (χ0n) is 10.7. The Morgan fingerprint density at radius 1 is 1.35 bits per heavy atom. The molecule has 0 saturated heterocycles. The molecule has 0 aliphatic carbocycles. The van der Waals surface area contributed by atoms with Gasteiger partial charge in [0.15, 0.2) is 0 Å². The van der Waals surface area contributed by atoms with Crippen LogP contribution in [0.1, 0.15) is 18.3 Å². The number of likely N-dealkylation sites (N-methyl/N-ethyl adjacent to an activating group) is 1. The second-order valence-electron chi connectivity index (χ2n) is 3.98. The molecule has 0 radical (unpaired) electrons. The Hall–Kier alpha value is -0.970. The van der Waals surface area contributed by atoms with E-state index in [0.717, 1.165) is 31.0 Å². The van der Waals surface area contributed by atoms with Crippen molar-refractivity contribution in [1.29, 1.82) is 0 Å². The standard InChI is InChI=1S/C13H22N2O2/c1-3-15(7-9-17-10-8-16)11-13-6-4-5-12(2)14-13/h4-6,16H,3,7-11H2,1-2H3. The Balaban J connectivity index is 2.35. The molecule has 0 aliphatic rings. The van der Waals surface area contributed by atoms with Gasteiger partial charge in [-0.2, -0.15) is 0 Å². The van der Waals surface area contributed by atoms with Crippen molar-refractivity contribution in [3.63, 3.8) is 0 Å². The molecule has 1 rings (SSSR count). The summed E-state index contributed by atoms with van der Waals surface area (Å²) in [5, 5.41) is 8.61. The van der Waals surface area contributed by atoms with E-state index in [1.54, 1.807) is 0 Å². The van der Waals surface area contributed by atoms with E-state index in [1.165, 1.54) is 0 Å². The van der Waals surface area contributed by atoms with Crippen LogP contribution in [-0.2, 0) is 11.3 Å². The van der Waals surface area contributed by atoms with Crippen molar-refractivity contribution in [3.8, 4) is 0 Å².